The fourth-order valence-electron chi connectivity index (χ4n) is 2.22. The van der Waals surface area contributed by atoms with Crippen molar-refractivity contribution in [1.29, 1.82) is 0 Å². The van der Waals surface area contributed by atoms with Crippen molar-refractivity contribution in [3.8, 4) is 11.3 Å². The molecule has 1 aromatic heterocycles. The molecule has 1 aromatic carbocycles. The second-order valence-corrected chi connectivity index (χ2v) is 4.99. The van der Waals surface area contributed by atoms with E-state index < -0.39 is 6.09 Å². The summed E-state index contributed by atoms with van der Waals surface area (Å²) in [5, 5.41) is 12.4. The van der Waals surface area contributed by atoms with Crippen molar-refractivity contribution in [3.63, 3.8) is 0 Å². The molecule has 21 heavy (non-hydrogen) atoms. The molecule has 1 amide bonds. The lowest BCUT2D eigenvalue weighted by Gasteiger charge is -2.05. The van der Waals surface area contributed by atoms with Crippen LogP contribution in [0.5, 0.6) is 0 Å². The van der Waals surface area contributed by atoms with E-state index in [2.05, 4.69) is 27.4 Å². The molecule has 5 heteroatoms. The Morgan fingerprint density at radius 2 is 1.90 bits per heavy atom. The third-order valence-corrected chi connectivity index (χ3v) is 3.32. The van der Waals surface area contributed by atoms with Gasteiger partial charge in [-0.1, -0.05) is 43.2 Å². The summed E-state index contributed by atoms with van der Waals surface area (Å²) in [6.45, 7) is 0.473. The predicted molar refractivity (Wildman–Crippen MR) is 79.6 cm³/mol. The monoisotopic (exact) mass is 286 g/mol. The zero-order chi connectivity index (χ0) is 14.9. The minimum atomic E-state index is -1.20. The first kappa shape index (κ1) is 15.1. The number of carboxylic acid groups (broad SMARTS) is 1. The highest BCUT2D eigenvalue weighted by molar-refractivity contribution is 5.61. The van der Waals surface area contributed by atoms with Crippen LogP contribution in [0.4, 0.5) is 4.79 Å². The lowest BCUT2D eigenvalue weighted by atomic mass is 10.1. The van der Waals surface area contributed by atoms with Crippen LogP contribution in [0.2, 0.25) is 0 Å². The molecule has 0 fully saturated rings. The van der Waals surface area contributed by atoms with Crippen molar-refractivity contribution in [1.82, 2.24) is 15.3 Å². The van der Waals surface area contributed by atoms with E-state index in [0.717, 1.165) is 49.2 Å². The largest absolute Gasteiger partial charge is 0.530 e. The second-order valence-electron chi connectivity index (χ2n) is 4.99. The molecule has 0 spiro atoms. The molecule has 2 aromatic rings. The number of carbonyl (C=O) groups is 1. The van der Waals surface area contributed by atoms with E-state index in [-0.39, 0.29) is 0 Å². The molecule has 0 atom stereocenters. The number of aryl methyl sites for hydroxylation is 1. The van der Waals surface area contributed by atoms with Gasteiger partial charge in [0.15, 0.2) is 0 Å². The first-order chi connectivity index (χ1) is 10.3. The summed E-state index contributed by atoms with van der Waals surface area (Å²) in [6.07, 6.45) is 5.56. The highest BCUT2D eigenvalue weighted by Crippen LogP contribution is 2.16. The van der Waals surface area contributed by atoms with E-state index in [0.29, 0.717) is 6.54 Å². The average molecular weight is 286 g/mol. The first-order valence-electron chi connectivity index (χ1n) is 7.30. The van der Waals surface area contributed by atoms with Crippen LogP contribution in [0.3, 0.4) is 0 Å². The van der Waals surface area contributed by atoms with Gasteiger partial charge in [-0.15, -0.1) is 0 Å². The molecule has 5 nitrogen and oxygen atoms in total. The predicted octanol–water partition coefficient (Wildman–Crippen LogP) is 2.11. The summed E-state index contributed by atoms with van der Waals surface area (Å²) in [4.78, 5) is 17.9. The van der Waals surface area contributed by atoms with Crippen LogP contribution < -0.4 is 10.4 Å². The van der Waals surface area contributed by atoms with Crippen LogP contribution in [0.1, 0.15) is 31.5 Å². The molecule has 1 heterocycles. The van der Waals surface area contributed by atoms with Crippen LogP contribution in [-0.2, 0) is 6.42 Å². The summed E-state index contributed by atoms with van der Waals surface area (Å²) < 4.78 is 0. The second kappa shape index (κ2) is 8.09. The van der Waals surface area contributed by atoms with Gasteiger partial charge in [0.05, 0.1) is 11.9 Å². The van der Waals surface area contributed by atoms with Gasteiger partial charge in [0.25, 0.3) is 0 Å². The minimum Gasteiger partial charge on any atom is -0.530 e. The number of aromatic amines is 1. The number of amides is 1. The maximum atomic E-state index is 10.2. The Morgan fingerprint density at radius 1 is 1.14 bits per heavy atom. The molecular formula is C16H20N3O2-. The summed E-state index contributed by atoms with van der Waals surface area (Å²) in [7, 11) is 0. The number of aromatic nitrogens is 2. The van der Waals surface area contributed by atoms with Crippen LogP contribution in [0.25, 0.3) is 11.3 Å². The lowest BCUT2D eigenvalue weighted by molar-refractivity contribution is -0.250. The molecule has 0 unspecified atom stereocenters. The molecule has 0 aliphatic heterocycles. The highest BCUT2D eigenvalue weighted by Gasteiger charge is 2.02. The van der Waals surface area contributed by atoms with Crippen molar-refractivity contribution >= 4 is 6.09 Å². The smallest absolute Gasteiger partial charge is 0.134 e. The number of carbonyl (C=O) groups excluding carboxylic acids is 1. The average Bonchev–Trinajstić information content (AvgIpc) is 2.96. The molecule has 0 bridgehead atoms. The van der Waals surface area contributed by atoms with E-state index in [4.69, 9.17) is 0 Å². The minimum absolute atomic E-state index is 0.473. The Kier molecular flexibility index (Phi) is 5.82. The topological polar surface area (TPSA) is 80.8 Å². The van der Waals surface area contributed by atoms with Crippen molar-refractivity contribution < 1.29 is 9.90 Å². The number of unbranched alkanes of at least 4 members (excludes halogenated alkanes) is 3. The molecule has 2 N–H and O–H groups in total. The standard InChI is InChI=1S/C16H21N3O2/c20-16(21)17-11-7-2-1-6-10-15-18-12-14(19-15)13-8-4-3-5-9-13/h3-5,8-9,12,17H,1-2,6-7,10-11H2,(H,18,19)(H,20,21)/p-1. The Balaban J connectivity index is 1.66. The molecular weight excluding hydrogens is 266 g/mol. The SMILES string of the molecule is O=C([O-])NCCCCCCc1ncc(-c2ccccc2)[nH]1. The Morgan fingerprint density at radius 3 is 2.67 bits per heavy atom. The summed E-state index contributed by atoms with van der Waals surface area (Å²) >= 11 is 0. The van der Waals surface area contributed by atoms with E-state index in [1.165, 1.54) is 0 Å². The summed E-state index contributed by atoms with van der Waals surface area (Å²) in [5.74, 6) is 1.00. The van der Waals surface area contributed by atoms with Gasteiger partial charge >= 0.3 is 0 Å². The van der Waals surface area contributed by atoms with Gasteiger partial charge in [0, 0.05) is 13.0 Å². The maximum absolute atomic E-state index is 10.2. The van der Waals surface area contributed by atoms with Crippen molar-refractivity contribution in [3.05, 3.63) is 42.4 Å². The molecule has 2 rings (SSSR count). The fourth-order valence-corrected chi connectivity index (χ4v) is 2.22. The number of H-pyrrole nitrogens is 1. The van der Waals surface area contributed by atoms with Gasteiger partial charge in [-0.3, -0.25) is 0 Å². The zero-order valence-electron chi connectivity index (χ0n) is 12.0. The molecule has 0 radical (unpaired) electrons. The maximum Gasteiger partial charge on any atom is 0.134 e. The van der Waals surface area contributed by atoms with Gasteiger partial charge in [-0.25, -0.2) is 4.98 Å². The number of imidazole rings is 1. The lowest BCUT2D eigenvalue weighted by Crippen LogP contribution is -2.36. The van der Waals surface area contributed by atoms with E-state index in [1.54, 1.807) is 0 Å². The number of hydrogen-bond acceptors (Lipinski definition) is 3. The van der Waals surface area contributed by atoms with Gasteiger partial charge in [-0.05, 0) is 18.4 Å². The number of nitrogens with one attached hydrogen (secondary N) is 2. The molecule has 0 aliphatic carbocycles. The highest BCUT2D eigenvalue weighted by atomic mass is 16.4. The zero-order valence-corrected chi connectivity index (χ0v) is 12.0. The fraction of sp³-hybridized carbons (Fsp3) is 0.375. The normalized spacial score (nSPS) is 10.5. The molecule has 112 valence electrons. The Bertz CT molecular complexity index is 552. The van der Waals surface area contributed by atoms with Crippen LogP contribution >= 0.6 is 0 Å². The van der Waals surface area contributed by atoms with E-state index in [9.17, 15) is 9.90 Å². The van der Waals surface area contributed by atoms with Gasteiger partial charge in [0.2, 0.25) is 0 Å². The quantitative estimate of drug-likeness (QED) is 0.729. The number of rotatable bonds is 8. The number of benzene rings is 1. The van der Waals surface area contributed by atoms with Crippen LogP contribution in [0.15, 0.2) is 36.5 Å². The molecule has 0 aliphatic rings. The number of hydrogen-bond donors (Lipinski definition) is 2. The van der Waals surface area contributed by atoms with E-state index >= 15 is 0 Å². The Hall–Kier alpha value is -2.30. The van der Waals surface area contributed by atoms with Crippen LogP contribution in [0, 0.1) is 0 Å². The Labute approximate surface area is 124 Å². The van der Waals surface area contributed by atoms with Crippen molar-refractivity contribution in [2.24, 2.45) is 0 Å². The van der Waals surface area contributed by atoms with Gasteiger partial charge < -0.3 is 20.2 Å². The van der Waals surface area contributed by atoms with Crippen molar-refractivity contribution in [2.75, 3.05) is 6.54 Å². The van der Waals surface area contributed by atoms with Gasteiger partial charge in [0.1, 0.15) is 11.9 Å². The molecule has 0 saturated carbocycles. The summed E-state index contributed by atoms with van der Waals surface area (Å²) in [6, 6.07) is 10.1. The third kappa shape index (κ3) is 5.30. The van der Waals surface area contributed by atoms with E-state index in [1.807, 2.05) is 24.4 Å². The van der Waals surface area contributed by atoms with Gasteiger partial charge in [-0.2, -0.15) is 0 Å². The number of nitrogens with zero attached hydrogens (tertiary/aromatic N) is 1. The summed E-state index contributed by atoms with van der Waals surface area (Å²) in [5.41, 5.74) is 2.19. The molecule has 0 saturated heterocycles. The third-order valence-electron chi connectivity index (χ3n) is 3.32. The van der Waals surface area contributed by atoms with Crippen molar-refractivity contribution in [2.45, 2.75) is 32.1 Å². The van der Waals surface area contributed by atoms with Crippen LogP contribution in [-0.4, -0.2) is 22.6 Å². The first-order valence-corrected chi connectivity index (χ1v) is 7.30.